The molecule has 0 unspecified atom stereocenters. The van der Waals surface area contributed by atoms with E-state index >= 15 is 0 Å². The lowest BCUT2D eigenvalue weighted by atomic mass is 10.00. The van der Waals surface area contributed by atoms with Gasteiger partial charge in [0.1, 0.15) is 5.76 Å². The highest BCUT2D eigenvalue weighted by molar-refractivity contribution is 6.01. The Morgan fingerprint density at radius 2 is 2.30 bits per heavy atom. The Morgan fingerprint density at radius 1 is 1.50 bits per heavy atom. The van der Waals surface area contributed by atoms with Crippen molar-refractivity contribution < 1.29 is 23.8 Å². The highest BCUT2D eigenvalue weighted by Gasteiger charge is 2.27. The van der Waals surface area contributed by atoms with Gasteiger partial charge in [-0.3, -0.25) is 4.79 Å². The standard InChI is InChI=1S/C14H13NO5/c1-19-10-3-2-8(7-16)12-9-4-5-15(14(17)18)6-11(9)20-13(10)12/h2-3,7H,4-6H2,1H3,(H,17,18). The first-order valence-corrected chi connectivity index (χ1v) is 6.20. The average Bonchev–Trinajstić information content (AvgIpc) is 2.84. The van der Waals surface area contributed by atoms with E-state index in [0.717, 1.165) is 17.2 Å². The van der Waals surface area contributed by atoms with E-state index in [2.05, 4.69) is 0 Å². The van der Waals surface area contributed by atoms with Crippen LogP contribution in [0.3, 0.4) is 0 Å². The maximum Gasteiger partial charge on any atom is 0.407 e. The summed E-state index contributed by atoms with van der Waals surface area (Å²) >= 11 is 0. The van der Waals surface area contributed by atoms with Crippen molar-refractivity contribution >= 4 is 23.3 Å². The molecule has 0 spiro atoms. The predicted octanol–water partition coefficient (Wildman–Crippen LogP) is 2.29. The molecule has 0 aliphatic carbocycles. The first kappa shape index (κ1) is 12.5. The molecule has 20 heavy (non-hydrogen) atoms. The van der Waals surface area contributed by atoms with E-state index in [4.69, 9.17) is 14.3 Å². The normalized spacial score (nSPS) is 14.2. The van der Waals surface area contributed by atoms with Crippen molar-refractivity contribution in [3.8, 4) is 5.75 Å². The molecule has 1 aliphatic heterocycles. The van der Waals surface area contributed by atoms with Gasteiger partial charge in [0.15, 0.2) is 17.6 Å². The third-order valence-corrected chi connectivity index (χ3v) is 3.60. The average molecular weight is 275 g/mol. The summed E-state index contributed by atoms with van der Waals surface area (Å²) in [6.07, 6.45) is 0.336. The van der Waals surface area contributed by atoms with Crippen LogP contribution in [0.4, 0.5) is 4.79 Å². The minimum absolute atomic E-state index is 0.195. The molecule has 1 amide bonds. The maximum atomic E-state index is 11.2. The molecule has 0 bridgehead atoms. The summed E-state index contributed by atoms with van der Waals surface area (Å²) in [5.41, 5.74) is 1.95. The highest BCUT2D eigenvalue weighted by Crippen LogP contribution is 2.37. The SMILES string of the molecule is COc1ccc(C=O)c2c3c(oc12)CN(C(=O)O)CC3. The van der Waals surface area contributed by atoms with Crippen molar-refractivity contribution in [3.05, 3.63) is 29.0 Å². The second-order valence-corrected chi connectivity index (χ2v) is 4.64. The number of amides is 1. The van der Waals surface area contributed by atoms with Crippen LogP contribution < -0.4 is 4.74 Å². The van der Waals surface area contributed by atoms with E-state index < -0.39 is 6.09 Å². The third kappa shape index (κ3) is 1.72. The molecule has 1 aromatic heterocycles. The van der Waals surface area contributed by atoms with Gasteiger partial charge in [0.25, 0.3) is 0 Å². The predicted molar refractivity (Wildman–Crippen MR) is 70.3 cm³/mol. The molecule has 3 rings (SSSR count). The van der Waals surface area contributed by atoms with Gasteiger partial charge in [-0.25, -0.2) is 4.79 Å². The molecule has 1 aliphatic rings. The van der Waals surface area contributed by atoms with Crippen molar-refractivity contribution in [3.63, 3.8) is 0 Å². The second-order valence-electron chi connectivity index (χ2n) is 4.64. The Kier molecular flexibility index (Phi) is 2.85. The van der Waals surface area contributed by atoms with Gasteiger partial charge in [0.05, 0.1) is 13.7 Å². The largest absolute Gasteiger partial charge is 0.493 e. The molecular weight excluding hydrogens is 262 g/mol. The van der Waals surface area contributed by atoms with Gasteiger partial charge in [-0.1, -0.05) is 0 Å². The molecule has 0 saturated heterocycles. The number of hydrogen-bond acceptors (Lipinski definition) is 4. The quantitative estimate of drug-likeness (QED) is 0.850. The molecule has 104 valence electrons. The third-order valence-electron chi connectivity index (χ3n) is 3.60. The minimum Gasteiger partial charge on any atom is -0.493 e. The van der Waals surface area contributed by atoms with Crippen LogP contribution in [-0.4, -0.2) is 36.0 Å². The van der Waals surface area contributed by atoms with Gasteiger partial charge in [-0.05, 0) is 18.6 Å². The number of aldehydes is 1. The number of hydrogen-bond donors (Lipinski definition) is 1. The molecule has 2 heterocycles. The Hall–Kier alpha value is -2.50. The summed E-state index contributed by atoms with van der Waals surface area (Å²) in [6, 6.07) is 3.36. The van der Waals surface area contributed by atoms with Gasteiger partial charge >= 0.3 is 6.09 Å². The summed E-state index contributed by atoms with van der Waals surface area (Å²) in [6.45, 7) is 0.591. The number of rotatable bonds is 2. The van der Waals surface area contributed by atoms with E-state index in [0.29, 0.717) is 35.6 Å². The van der Waals surface area contributed by atoms with Crippen molar-refractivity contribution in [2.75, 3.05) is 13.7 Å². The molecule has 2 aromatic rings. The van der Waals surface area contributed by atoms with Crippen LogP contribution in [0.5, 0.6) is 5.75 Å². The van der Waals surface area contributed by atoms with E-state index in [1.807, 2.05) is 0 Å². The van der Waals surface area contributed by atoms with E-state index in [1.54, 1.807) is 12.1 Å². The van der Waals surface area contributed by atoms with Crippen LogP contribution in [0.1, 0.15) is 21.7 Å². The van der Waals surface area contributed by atoms with Crippen LogP contribution >= 0.6 is 0 Å². The number of benzene rings is 1. The topological polar surface area (TPSA) is 80.0 Å². The van der Waals surface area contributed by atoms with Crippen molar-refractivity contribution in [1.82, 2.24) is 4.90 Å². The summed E-state index contributed by atoms with van der Waals surface area (Å²) in [4.78, 5) is 23.5. The number of nitrogens with zero attached hydrogens (tertiary/aromatic N) is 1. The van der Waals surface area contributed by atoms with Gasteiger partial charge in [-0.2, -0.15) is 0 Å². The lowest BCUT2D eigenvalue weighted by molar-refractivity contribution is 0.112. The molecule has 1 N–H and O–H groups in total. The van der Waals surface area contributed by atoms with Crippen molar-refractivity contribution in [2.24, 2.45) is 0 Å². The summed E-state index contributed by atoms with van der Waals surface area (Å²) in [5.74, 6) is 1.13. The Balaban J connectivity index is 2.21. The first-order chi connectivity index (χ1) is 9.65. The van der Waals surface area contributed by atoms with Crippen molar-refractivity contribution in [1.29, 1.82) is 0 Å². The summed E-state index contributed by atoms with van der Waals surface area (Å²) < 4.78 is 11.0. The second kappa shape index (κ2) is 4.56. The number of carbonyl (C=O) groups excluding carboxylic acids is 1. The van der Waals surface area contributed by atoms with Crippen molar-refractivity contribution in [2.45, 2.75) is 13.0 Å². The van der Waals surface area contributed by atoms with Crippen LogP contribution in [0, 0.1) is 0 Å². The van der Waals surface area contributed by atoms with E-state index in [9.17, 15) is 9.59 Å². The number of carboxylic acid groups (broad SMARTS) is 1. The summed E-state index contributed by atoms with van der Waals surface area (Å²) in [7, 11) is 1.53. The zero-order chi connectivity index (χ0) is 14.3. The molecule has 0 saturated carbocycles. The van der Waals surface area contributed by atoms with E-state index in [-0.39, 0.29) is 6.54 Å². The fourth-order valence-electron chi connectivity index (χ4n) is 2.63. The number of ether oxygens (including phenoxy) is 1. The van der Waals surface area contributed by atoms with Crippen LogP contribution in [0.25, 0.3) is 11.0 Å². The molecule has 6 nitrogen and oxygen atoms in total. The maximum absolute atomic E-state index is 11.2. The molecular formula is C14H13NO5. The first-order valence-electron chi connectivity index (χ1n) is 6.20. The van der Waals surface area contributed by atoms with Crippen LogP contribution in [0.15, 0.2) is 16.5 Å². The Morgan fingerprint density at radius 3 is 2.95 bits per heavy atom. The van der Waals surface area contributed by atoms with Crippen LogP contribution in [-0.2, 0) is 13.0 Å². The fraction of sp³-hybridized carbons (Fsp3) is 0.286. The minimum atomic E-state index is -0.973. The number of methoxy groups -OCH3 is 1. The highest BCUT2D eigenvalue weighted by atomic mass is 16.5. The number of fused-ring (bicyclic) bond motifs is 3. The summed E-state index contributed by atoms with van der Waals surface area (Å²) in [5, 5.41) is 9.78. The molecule has 0 radical (unpaired) electrons. The van der Waals surface area contributed by atoms with Gasteiger partial charge in [0, 0.05) is 23.1 Å². The molecule has 0 fully saturated rings. The lowest BCUT2D eigenvalue weighted by Crippen LogP contribution is -2.34. The Bertz CT molecular complexity index is 703. The van der Waals surface area contributed by atoms with E-state index in [1.165, 1.54) is 12.0 Å². The fourth-order valence-corrected chi connectivity index (χ4v) is 2.63. The number of carbonyl (C=O) groups is 2. The van der Waals surface area contributed by atoms with Gasteiger partial charge in [0.2, 0.25) is 0 Å². The smallest absolute Gasteiger partial charge is 0.407 e. The monoisotopic (exact) mass is 275 g/mol. The van der Waals surface area contributed by atoms with Gasteiger partial charge < -0.3 is 19.2 Å². The van der Waals surface area contributed by atoms with Gasteiger partial charge in [-0.15, -0.1) is 0 Å². The number of furan rings is 1. The lowest BCUT2D eigenvalue weighted by Gasteiger charge is -2.22. The molecule has 1 aromatic carbocycles. The molecule has 6 heteroatoms. The zero-order valence-electron chi connectivity index (χ0n) is 10.9. The molecule has 0 atom stereocenters. The zero-order valence-corrected chi connectivity index (χ0v) is 10.9. The van der Waals surface area contributed by atoms with Crippen LogP contribution in [0.2, 0.25) is 0 Å². The Labute approximate surface area is 114 Å².